The number of rotatable bonds is 4. The summed E-state index contributed by atoms with van der Waals surface area (Å²) in [6, 6.07) is 10.2. The molecule has 0 aliphatic carbocycles. The third kappa shape index (κ3) is 3.42. The second-order valence-electron chi connectivity index (χ2n) is 4.01. The first kappa shape index (κ1) is 12.3. The van der Waals surface area contributed by atoms with Gasteiger partial charge in [-0.05, 0) is 31.5 Å². The topological polar surface area (TPSA) is 27.0 Å². The highest BCUT2D eigenvalue weighted by atomic mass is 15.1. The highest BCUT2D eigenvalue weighted by Gasteiger charge is 2.08. The molecule has 0 bridgehead atoms. The van der Waals surface area contributed by atoms with Crippen molar-refractivity contribution in [2.75, 3.05) is 6.54 Å². The summed E-state index contributed by atoms with van der Waals surface area (Å²) < 4.78 is 0. The highest BCUT2D eigenvalue weighted by Crippen LogP contribution is 2.09. The zero-order valence-corrected chi connectivity index (χ0v) is 9.77. The number of nitriles is 1. The van der Waals surface area contributed by atoms with E-state index < -0.39 is 0 Å². The fourth-order valence-corrected chi connectivity index (χ4v) is 1.46. The predicted octanol–water partition coefficient (Wildman–Crippen LogP) is 2.40. The number of nitrogens with zero attached hydrogens (tertiary/aromatic N) is 2. The van der Waals surface area contributed by atoms with Gasteiger partial charge in [-0.2, -0.15) is 5.26 Å². The van der Waals surface area contributed by atoms with Crippen LogP contribution < -0.4 is 0 Å². The molecule has 2 nitrogen and oxygen atoms in total. The third-order valence-electron chi connectivity index (χ3n) is 2.49. The van der Waals surface area contributed by atoms with Gasteiger partial charge in [0.2, 0.25) is 0 Å². The first-order chi connectivity index (χ1) is 7.67. The molecule has 0 N–H and O–H groups in total. The first-order valence-corrected chi connectivity index (χ1v) is 5.34. The standard InChI is InChI=1S/C14H16N2/c1-4-9-16(12(2)3)11-14-7-5-13(10-15)6-8-14/h1,5-8,12H,9,11H2,2-3H3. The van der Waals surface area contributed by atoms with Crippen molar-refractivity contribution in [3.05, 3.63) is 35.4 Å². The minimum atomic E-state index is 0.423. The van der Waals surface area contributed by atoms with Gasteiger partial charge in [0, 0.05) is 12.6 Å². The molecule has 0 saturated heterocycles. The molecule has 2 heteroatoms. The minimum Gasteiger partial charge on any atom is -0.286 e. The van der Waals surface area contributed by atoms with Crippen molar-refractivity contribution in [3.8, 4) is 18.4 Å². The van der Waals surface area contributed by atoms with Crippen LogP contribution in [0.2, 0.25) is 0 Å². The van der Waals surface area contributed by atoms with Crippen LogP contribution in [0.15, 0.2) is 24.3 Å². The fraction of sp³-hybridized carbons (Fsp3) is 0.357. The Morgan fingerprint density at radius 3 is 2.38 bits per heavy atom. The van der Waals surface area contributed by atoms with Crippen LogP contribution in [-0.2, 0) is 6.54 Å². The van der Waals surface area contributed by atoms with Crippen molar-refractivity contribution in [2.24, 2.45) is 0 Å². The molecule has 0 aliphatic rings. The van der Waals surface area contributed by atoms with Gasteiger partial charge >= 0.3 is 0 Å². The Morgan fingerprint density at radius 2 is 1.94 bits per heavy atom. The normalized spacial score (nSPS) is 10.1. The Kier molecular flexibility index (Phi) is 4.58. The number of hydrogen-bond donors (Lipinski definition) is 0. The number of terminal acetylenes is 1. The van der Waals surface area contributed by atoms with E-state index in [1.54, 1.807) is 0 Å². The van der Waals surface area contributed by atoms with Gasteiger partial charge in [-0.1, -0.05) is 18.1 Å². The largest absolute Gasteiger partial charge is 0.286 e. The van der Waals surface area contributed by atoms with Crippen LogP contribution in [0, 0.1) is 23.7 Å². The van der Waals surface area contributed by atoms with E-state index in [0.717, 1.165) is 6.54 Å². The summed E-state index contributed by atoms with van der Waals surface area (Å²) in [7, 11) is 0. The van der Waals surface area contributed by atoms with Gasteiger partial charge in [-0.3, -0.25) is 4.90 Å². The van der Waals surface area contributed by atoms with Gasteiger partial charge < -0.3 is 0 Å². The average molecular weight is 212 g/mol. The van der Waals surface area contributed by atoms with Crippen molar-refractivity contribution in [1.82, 2.24) is 4.90 Å². The average Bonchev–Trinajstić information content (AvgIpc) is 2.29. The van der Waals surface area contributed by atoms with Crippen molar-refractivity contribution in [2.45, 2.75) is 26.4 Å². The summed E-state index contributed by atoms with van der Waals surface area (Å²) in [5, 5.41) is 8.70. The highest BCUT2D eigenvalue weighted by molar-refractivity contribution is 5.31. The minimum absolute atomic E-state index is 0.423. The molecule has 0 aromatic heterocycles. The van der Waals surface area contributed by atoms with Crippen LogP contribution in [0.3, 0.4) is 0 Å². The smallest absolute Gasteiger partial charge is 0.0991 e. The van der Waals surface area contributed by atoms with Crippen molar-refractivity contribution in [1.29, 1.82) is 5.26 Å². The Morgan fingerprint density at radius 1 is 1.31 bits per heavy atom. The SMILES string of the molecule is C#CCN(Cc1ccc(C#N)cc1)C(C)C. The molecular formula is C14H16N2. The van der Waals surface area contributed by atoms with Crippen LogP contribution in [-0.4, -0.2) is 17.5 Å². The maximum atomic E-state index is 8.70. The van der Waals surface area contributed by atoms with E-state index in [1.165, 1.54) is 5.56 Å². The van der Waals surface area contributed by atoms with Crippen molar-refractivity contribution >= 4 is 0 Å². The first-order valence-electron chi connectivity index (χ1n) is 5.34. The molecule has 1 aromatic carbocycles. The molecule has 0 spiro atoms. The summed E-state index contributed by atoms with van der Waals surface area (Å²) in [5.41, 5.74) is 1.87. The Labute approximate surface area is 97.5 Å². The van der Waals surface area contributed by atoms with E-state index in [4.69, 9.17) is 11.7 Å². The Hall–Kier alpha value is -1.77. The van der Waals surface area contributed by atoms with Crippen molar-refractivity contribution < 1.29 is 0 Å². The lowest BCUT2D eigenvalue weighted by Crippen LogP contribution is -2.30. The Balaban J connectivity index is 2.71. The lowest BCUT2D eigenvalue weighted by atomic mass is 10.1. The molecule has 1 rings (SSSR count). The monoisotopic (exact) mass is 212 g/mol. The molecule has 1 aromatic rings. The van der Waals surface area contributed by atoms with E-state index >= 15 is 0 Å². The van der Waals surface area contributed by atoms with E-state index in [9.17, 15) is 0 Å². The summed E-state index contributed by atoms with van der Waals surface area (Å²) in [6.45, 7) is 5.73. The van der Waals surface area contributed by atoms with Gasteiger partial charge in [-0.25, -0.2) is 0 Å². The van der Waals surface area contributed by atoms with Gasteiger partial charge in [0.05, 0.1) is 18.2 Å². The second kappa shape index (κ2) is 5.95. The zero-order chi connectivity index (χ0) is 12.0. The van der Waals surface area contributed by atoms with Gasteiger partial charge in [0.15, 0.2) is 0 Å². The molecule has 0 unspecified atom stereocenters. The second-order valence-corrected chi connectivity index (χ2v) is 4.01. The summed E-state index contributed by atoms with van der Waals surface area (Å²) in [4.78, 5) is 2.21. The van der Waals surface area contributed by atoms with Crippen LogP contribution >= 0.6 is 0 Å². The molecule has 0 aliphatic heterocycles. The molecular weight excluding hydrogens is 196 g/mol. The lowest BCUT2D eigenvalue weighted by Gasteiger charge is -2.24. The van der Waals surface area contributed by atoms with Gasteiger partial charge in [0.25, 0.3) is 0 Å². The molecule has 0 saturated carbocycles. The molecule has 82 valence electrons. The molecule has 0 atom stereocenters. The maximum Gasteiger partial charge on any atom is 0.0991 e. The lowest BCUT2D eigenvalue weighted by molar-refractivity contribution is 0.241. The molecule has 0 radical (unpaired) electrons. The predicted molar refractivity (Wildman–Crippen MR) is 65.5 cm³/mol. The number of hydrogen-bond acceptors (Lipinski definition) is 2. The van der Waals surface area contributed by atoms with Crippen LogP contribution in [0.5, 0.6) is 0 Å². The van der Waals surface area contributed by atoms with Crippen LogP contribution in [0.4, 0.5) is 0 Å². The quantitative estimate of drug-likeness (QED) is 0.717. The van der Waals surface area contributed by atoms with Crippen LogP contribution in [0.25, 0.3) is 0 Å². The maximum absolute atomic E-state index is 8.70. The Bertz CT molecular complexity index is 404. The molecule has 0 fully saturated rings. The van der Waals surface area contributed by atoms with Crippen LogP contribution in [0.1, 0.15) is 25.0 Å². The molecule has 16 heavy (non-hydrogen) atoms. The fourth-order valence-electron chi connectivity index (χ4n) is 1.46. The van der Waals surface area contributed by atoms with E-state index in [-0.39, 0.29) is 0 Å². The molecule has 0 heterocycles. The van der Waals surface area contributed by atoms with E-state index in [2.05, 4.69) is 30.7 Å². The number of benzene rings is 1. The van der Waals surface area contributed by atoms with Gasteiger partial charge in [-0.15, -0.1) is 6.42 Å². The van der Waals surface area contributed by atoms with E-state index in [1.807, 2.05) is 24.3 Å². The summed E-state index contributed by atoms with van der Waals surface area (Å²) in [5.74, 6) is 2.67. The van der Waals surface area contributed by atoms with E-state index in [0.29, 0.717) is 18.2 Å². The summed E-state index contributed by atoms with van der Waals surface area (Å²) in [6.07, 6.45) is 5.33. The zero-order valence-electron chi connectivity index (χ0n) is 9.77. The third-order valence-corrected chi connectivity index (χ3v) is 2.49. The van der Waals surface area contributed by atoms with Crippen molar-refractivity contribution in [3.63, 3.8) is 0 Å². The molecule has 0 amide bonds. The van der Waals surface area contributed by atoms with Gasteiger partial charge in [0.1, 0.15) is 0 Å². The summed E-state index contributed by atoms with van der Waals surface area (Å²) >= 11 is 0.